The first-order chi connectivity index (χ1) is 10.0. The number of aryl methyl sites for hydroxylation is 1. The maximum absolute atomic E-state index is 11.9. The average Bonchev–Trinajstić information content (AvgIpc) is 2.47. The van der Waals surface area contributed by atoms with Gasteiger partial charge in [0.25, 0.3) is 0 Å². The van der Waals surface area contributed by atoms with Crippen molar-refractivity contribution in [1.29, 1.82) is 0 Å². The molecule has 0 aromatic heterocycles. The number of ether oxygens (including phenoxy) is 1. The van der Waals surface area contributed by atoms with E-state index in [9.17, 15) is 9.90 Å². The molecule has 1 aromatic carbocycles. The Labute approximate surface area is 138 Å². The third-order valence-electron chi connectivity index (χ3n) is 3.76. The van der Waals surface area contributed by atoms with E-state index in [1.165, 1.54) is 5.56 Å². The van der Waals surface area contributed by atoms with Gasteiger partial charge in [-0.3, -0.25) is 4.79 Å². The van der Waals surface area contributed by atoms with E-state index in [1.54, 1.807) is 11.9 Å². The van der Waals surface area contributed by atoms with Gasteiger partial charge in [-0.25, -0.2) is 0 Å². The lowest BCUT2D eigenvalue weighted by atomic mass is 9.93. The van der Waals surface area contributed by atoms with Crippen LogP contribution in [0.2, 0.25) is 0 Å². The van der Waals surface area contributed by atoms with Crippen LogP contribution in [0.1, 0.15) is 18.4 Å². The van der Waals surface area contributed by atoms with E-state index >= 15 is 0 Å². The molecule has 0 aliphatic carbocycles. The van der Waals surface area contributed by atoms with Crippen molar-refractivity contribution in [2.75, 3.05) is 33.3 Å². The molecule has 0 radical (unpaired) electrons. The molecule has 1 unspecified atom stereocenters. The van der Waals surface area contributed by atoms with Crippen LogP contribution in [0.25, 0.3) is 0 Å². The molecule has 0 spiro atoms. The van der Waals surface area contributed by atoms with Crippen LogP contribution in [0.3, 0.4) is 0 Å². The van der Waals surface area contributed by atoms with Crippen molar-refractivity contribution in [1.82, 2.24) is 10.2 Å². The fraction of sp³-hybridized carbons (Fsp3) is 0.562. The quantitative estimate of drug-likeness (QED) is 0.857. The van der Waals surface area contributed by atoms with E-state index in [4.69, 9.17) is 4.74 Å². The fourth-order valence-corrected chi connectivity index (χ4v) is 2.56. The van der Waals surface area contributed by atoms with Gasteiger partial charge in [0.05, 0.1) is 13.1 Å². The van der Waals surface area contributed by atoms with Gasteiger partial charge in [-0.1, -0.05) is 17.7 Å². The Hall–Kier alpha value is -1.30. The molecular weight excluding hydrogens is 304 g/mol. The number of nitrogens with zero attached hydrogens (tertiary/aromatic N) is 1. The van der Waals surface area contributed by atoms with E-state index in [1.807, 2.05) is 31.2 Å². The topological polar surface area (TPSA) is 61.8 Å². The number of rotatable bonds is 5. The van der Waals surface area contributed by atoms with Crippen LogP contribution >= 0.6 is 12.4 Å². The second kappa shape index (κ2) is 8.36. The largest absolute Gasteiger partial charge is 0.491 e. The average molecular weight is 329 g/mol. The number of hydrogen-bond donors (Lipinski definition) is 2. The number of nitrogens with one attached hydrogen (secondary N) is 1. The van der Waals surface area contributed by atoms with E-state index in [0.717, 1.165) is 12.2 Å². The van der Waals surface area contributed by atoms with E-state index in [0.29, 0.717) is 26.1 Å². The predicted octanol–water partition coefficient (Wildman–Crippen LogP) is 1.37. The smallest absolute Gasteiger partial charge is 0.236 e. The van der Waals surface area contributed by atoms with Crippen molar-refractivity contribution in [3.8, 4) is 5.75 Å². The Kier molecular flexibility index (Phi) is 7.13. The summed E-state index contributed by atoms with van der Waals surface area (Å²) < 4.78 is 5.69. The molecule has 1 fully saturated rings. The predicted molar refractivity (Wildman–Crippen MR) is 88.6 cm³/mol. The Bertz CT molecular complexity index is 481. The summed E-state index contributed by atoms with van der Waals surface area (Å²) >= 11 is 0. The van der Waals surface area contributed by atoms with Crippen molar-refractivity contribution in [2.24, 2.45) is 0 Å². The van der Waals surface area contributed by atoms with Gasteiger partial charge in [0.2, 0.25) is 5.91 Å². The molecule has 1 saturated heterocycles. The van der Waals surface area contributed by atoms with Gasteiger partial charge in [-0.05, 0) is 38.9 Å². The van der Waals surface area contributed by atoms with Crippen molar-refractivity contribution in [3.05, 3.63) is 29.8 Å². The summed E-state index contributed by atoms with van der Waals surface area (Å²) in [6, 6.07) is 7.74. The zero-order valence-electron chi connectivity index (χ0n) is 13.2. The van der Waals surface area contributed by atoms with Crippen LogP contribution in [-0.4, -0.2) is 54.8 Å². The zero-order valence-corrected chi connectivity index (χ0v) is 14.0. The standard InChI is InChI=1S/C16H24N2O3.ClH/c1-13-4-6-14(7-5-13)21-12-16(20)8-3-9-18(11-16)15(19)10-17-2;/h4-7,17,20H,3,8-12H2,1-2H3;1H. The number of carbonyl (C=O) groups is 1. The van der Waals surface area contributed by atoms with E-state index in [-0.39, 0.29) is 24.9 Å². The van der Waals surface area contributed by atoms with Crippen LogP contribution in [0.15, 0.2) is 24.3 Å². The summed E-state index contributed by atoms with van der Waals surface area (Å²) in [5.41, 5.74) is 0.203. The maximum Gasteiger partial charge on any atom is 0.236 e. The number of likely N-dealkylation sites (N-methyl/N-ethyl adjacent to an activating group) is 1. The van der Waals surface area contributed by atoms with Gasteiger partial charge in [0.15, 0.2) is 0 Å². The number of benzene rings is 1. The van der Waals surface area contributed by atoms with Crippen LogP contribution < -0.4 is 10.1 Å². The van der Waals surface area contributed by atoms with Gasteiger partial charge in [-0.2, -0.15) is 0 Å². The van der Waals surface area contributed by atoms with Gasteiger partial charge in [0, 0.05) is 6.54 Å². The minimum atomic E-state index is -0.966. The monoisotopic (exact) mass is 328 g/mol. The summed E-state index contributed by atoms with van der Waals surface area (Å²) in [7, 11) is 1.74. The number of aliphatic hydroxyl groups is 1. The lowest BCUT2D eigenvalue weighted by Crippen LogP contribution is -2.54. The Balaban J connectivity index is 0.00000242. The molecule has 1 amide bonds. The Morgan fingerprint density at radius 2 is 2.09 bits per heavy atom. The zero-order chi connectivity index (χ0) is 15.3. The van der Waals surface area contributed by atoms with Gasteiger partial charge in [0.1, 0.15) is 18.0 Å². The van der Waals surface area contributed by atoms with Crippen LogP contribution in [0.5, 0.6) is 5.75 Å². The number of piperidine rings is 1. The first kappa shape index (κ1) is 18.7. The van der Waals surface area contributed by atoms with Crippen LogP contribution in [0, 0.1) is 6.92 Å². The number of amides is 1. The molecule has 2 rings (SSSR count). The molecule has 1 aliphatic rings. The highest BCUT2D eigenvalue weighted by atomic mass is 35.5. The summed E-state index contributed by atoms with van der Waals surface area (Å²) in [5.74, 6) is 0.763. The number of likely N-dealkylation sites (tertiary alicyclic amines) is 1. The first-order valence-electron chi connectivity index (χ1n) is 7.37. The second-order valence-corrected chi connectivity index (χ2v) is 5.78. The van der Waals surface area contributed by atoms with E-state index < -0.39 is 5.60 Å². The fourth-order valence-electron chi connectivity index (χ4n) is 2.56. The van der Waals surface area contributed by atoms with Crippen molar-refractivity contribution >= 4 is 18.3 Å². The minimum absolute atomic E-state index is 0. The van der Waals surface area contributed by atoms with Crippen LogP contribution in [0.4, 0.5) is 0 Å². The highest BCUT2D eigenvalue weighted by Gasteiger charge is 2.35. The lowest BCUT2D eigenvalue weighted by molar-refractivity contribution is -0.139. The Morgan fingerprint density at radius 3 is 2.73 bits per heavy atom. The second-order valence-electron chi connectivity index (χ2n) is 5.78. The normalized spacial score (nSPS) is 21.1. The van der Waals surface area contributed by atoms with Gasteiger partial charge < -0.3 is 20.1 Å². The number of halogens is 1. The summed E-state index contributed by atoms with van der Waals surface area (Å²) in [6.07, 6.45) is 1.45. The Morgan fingerprint density at radius 1 is 1.41 bits per heavy atom. The summed E-state index contributed by atoms with van der Waals surface area (Å²) in [4.78, 5) is 13.6. The summed E-state index contributed by atoms with van der Waals surface area (Å²) in [6.45, 7) is 3.56. The highest BCUT2D eigenvalue weighted by molar-refractivity contribution is 5.85. The highest BCUT2D eigenvalue weighted by Crippen LogP contribution is 2.23. The van der Waals surface area contributed by atoms with Crippen LogP contribution in [-0.2, 0) is 4.79 Å². The SMILES string of the molecule is CNCC(=O)N1CCCC(O)(COc2ccc(C)cc2)C1.Cl. The molecule has 6 heteroatoms. The molecule has 22 heavy (non-hydrogen) atoms. The number of β-amino-alcohol motifs (C(OH)–C–C–N with tert-alkyl or cyclic N) is 1. The van der Waals surface area contributed by atoms with Crippen molar-refractivity contribution in [3.63, 3.8) is 0 Å². The molecule has 124 valence electrons. The molecule has 2 N–H and O–H groups in total. The molecule has 5 nitrogen and oxygen atoms in total. The van der Waals surface area contributed by atoms with Gasteiger partial charge in [-0.15, -0.1) is 12.4 Å². The first-order valence-corrected chi connectivity index (χ1v) is 7.37. The molecular formula is C16H25ClN2O3. The maximum atomic E-state index is 11.9. The third-order valence-corrected chi connectivity index (χ3v) is 3.76. The van der Waals surface area contributed by atoms with Gasteiger partial charge >= 0.3 is 0 Å². The molecule has 1 atom stereocenters. The molecule has 1 aliphatic heterocycles. The third kappa shape index (κ3) is 5.16. The molecule has 0 bridgehead atoms. The molecule has 0 saturated carbocycles. The molecule has 1 aromatic rings. The lowest BCUT2D eigenvalue weighted by Gasteiger charge is -2.39. The number of carbonyl (C=O) groups excluding carboxylic acids is 1. The summed E-state index contributed by atoms with van der Waals surface area (Å²) in [5, 5.41) is 13.5. The van der Waals surface area contributed by atoms with Crippen molar-refractivity contribution in [2.45, 2.75) is 25.4 Å². The van der Waals surface area contributed by atoms with Crippen molar-refractivity contribution < 1.29 is 14.6 Å². The minimum Gasteiger partial charge on any atom is -0.491 e. The van der Waals surface area contributed by atoms with E-state index in [2.05, 4.69) is 5.32 Å². The number of hydrogen-bond acceptors (Lipinski definition) is 4. The molecule has 1 heterocycles.